The maximum absolute atomic E-state index is 6.10. The van der Waals surface area contributed by atoms with Gasteiger partial charge in [-0.25, -0.2) is 9.97 Å². The third-order valence-electron chi connectivity index (χ3n) is 3.64. The topological polar surface area (TPSA) is 41.0 Å². The summed E-state index contributed by atoms with van der Waals surface area (Å²) in [5.74, 6) is 1.40. The summed E-state index contributed by atoms with van der Waals surface area (Å²) in [6.45, 7) is 10.5. The summed E-state index contributed by atoms with van der Waals surface area (Å²) in [6, 6.07) is 0. The van der Waals surface area contributed by atoms with Gasteiger partial charge in [0.25, 0.3) is 0 Å². The molecular weight excluding hydrogens is 248 g/mol. The van der Waals surface area contributed by atoms with Gasteiger partial charge in [-0.15, -0.1) is 0 Å². The lowest BCUT2D eigenvalue weighted by atomic mass is 10.1. The largest absolute Gasteiger partial charge is 0.367 e. The van der Waals surface area contributed by atoms with Gasteiger partial charge in [0.2, 0.25) is 0 Å². The van der Waals surface area contributed by atoms with E-state index in [1.807, 2.05) is 13.8 Å². The van der Waals surface area contributed by atoms with Crippen molar-refractivity contribution in [2.75, 3.05) is 31.5 Å². The molecule has 0 aromatic carbocycles. The summed E-state index contributed by atoms with van der Waals surface area (Å²) >= 11 is 6.10. The highest BCUT2D eigenvalue weighted by molar-refractivity contribution is 6.31. The second kappa shape index (κ2) is 5.85. The van der Waals surface area contributed by atoms with Crippen LogP contribution >= 0.6 is 11.6 Å². The lowest BCUT2D eigenvalue weighted by Crippen LogP contribution is -2.22. The van der Waals surface area contributed by atoms with Crippen molar-refractivity contribution < 1.29 is 0 Å². The highest BCUT2D eigenvalue weighted by Crippen LogP contribution is 2.21. The third-order valence-corrected chi connectivity index (χ3v) is 3.90. The van der Waals surface area contributed by atoms with Crippen LogP contribution in [0.25, 0.3) is 0 Å². The first-order valence-electron chi connectivity index (χ1n) is 6.57. The number of aromatic nitrogens is 2. The molecule has 0 radical (unpaired) electrons. The lowest BCUT2D eigenvalue weighted by molar-refractivity contribution is 0.345. The van der Waals surface area contributed by atoms with E-state index in [0.29, 0.717) is 11.1 Å². The molecule has 4 nitrogen and oxygen atoms in total. The molecule has 2 heterocycles. The van der Waals surface area contributed by atoms with Crippen LogP contribution in [0, 0.1) is 19.8 Å². The Morgan fingerprint density at radius 3 is 2.72 bits per heavy atom. The molecule has 0 amide bonds. The average Bonchev–Trinajstić information content (AvgIpc) is 2.80. The fourth-order valence-electron chi connectivity index (χ4n) is 2.30. The van der Waals surface area contributed by atoms with Crippen LogP contribution in [0.15, 0.2) is 0 Å². The van der Waals surface area contributed by atoms with E-state index >= 15 is 0 Å². The third kappa shape index (κ3) is 3.12. The van der Waals surface area contributed by atoms with Crippen molar-refractivity contribution >= 4 is 17.4 Å². The van der Waals surface area contributed by atoms with Crippen LogP contribution < -0.4 is 5.32 Å². The molecule has 1 atom stereocenters. The zero-order valence-corrected chi connectivity index (χ0v) is 12.1. The fourth-order valence-corrected chi connectivity index (χ4v) is 2.53. The SMILES string of the molecule is CCN1CCC(CNc2nc(C)c(C)nc2Cl)C1. The number of halogens is 1. The first-order chi connectivity index (χ1) is 8.60. The summed E-state index contributed by atoms with van der Waals surface area (Å²) in [5.41, 5.74) is 1.83. The van der Waals surface area contributed by atoms with Gasteiger partial charge in [-0.2, -0.15) is 0 Å². The summed E-state index contributed by atoms with van der Waals surface area (Å²) in [6.07, 6.45) is 1.25. The number of hydrogen-bond donors (Lipinski definition) is 1. The molecular formula is C13H21ClN4. The molecule has 0 aliphatic carbocycles. The monoisotopic (exact) mass is 268 g/mol. The Kier molecular flexibility index (Phi) is 4.40. The number of nitrogens with zero attached hydrogens (tertiary/aromatic N) is 3. The van der Waals surface area contributed by atoms with Gasteiger partial charge in [0.05, 0.1) is 11.4 Å². The molecule has 100 valence electrons. The molecule has 18 heavy (non-hydrogen) atoms. The van der Waals surface area contributed by atoms with Crippen LogP contribution in [0.4, 0.5) is 5.82 Å². The second-order valence-electron chi connectivity index (χ2n) is 4.96. The predicted octanol–water partition coefficient (Wildman–Crippen LogP) is 2.50. The molecule has 1 aromatic heterocycles. The van der Waals surface area contributed by atoms with E-state index in [4.69, 9.17) is 11.6 Å². The molecule has 1 unspecified atom stereocenters. The van der Waals surface area contributed by atoms with Crippen molar-refractivity contribution in [2.24, 2.45) is 5.92 Å². The Labute approximate surface area is 114 Å². The first-order valence-corrected chi connectivity index (χ1v) is 6.95. The Balaban J connectivity index is 1.93. The van der Waals surface area contributed by atoms with Gasteiger partial charge in [0, 0.05) is 13.1 Å². The van der Waals surface area contributed by atoms with E-state index in [1.165, 1.54) is 19.5 Å². The second-order valence-corrected chi connectivity index (χ2v) is 5.32. The van der Waals surface area contributed by atoms with Crippen LogP contribution in [0.1, 0.15) is 24.7 Å². The first kappa shape index (κ1) is 13.6. The van der Waals surface area contributed by atoms with E-state index in [2.05, 4.69) is 27.1 Å². The van der Waals surface area contributed by atoms with Gasteiger partial charge in [-0.1, -0.05) is 18.5 Å². The molecule has 1 saturated heterocycles. The van der Waals surface area contributed by atoms with Crippen molar-refractivity contribution in [3.8, 4) is 0 Å². The fraction of sp³-hybridized carbons (Fsp3) is 0.692. The molecule has 1 N–H and O–H groups in total. The van der Waals surface area contributed by atoms with Gasteiger partial charge in [-0.3, -0.25) is 0 Å². The van der Waals surface area contributed by atoms with Crippen molar-refractivity contribution in [2.45, 2.75) is 27.2 Å². The van der Waals surface area contributed by atoms with E-state index in [1.54, 1.807) is 0 Å². The summed E-state index contributed by atoms with van der Waals surface area (Å²) in [7, 11) is 0. The lowest BCUT2D eigenvalue weighted by Gasteiger charge is -2.15. The number of nitrogens with one attached hydrogen (secondary N) is 1. The number of aryl methyl sites for hydroxylation is 2. The minimum Gasteiger partial charge on any atom is -0.367 e. The van der Waals surface area contributed by atoms with E-state index in [-0.39, 0.29) is 0 Å². The molecule has 0 saturated carbocycles. The van der Waals surface area contributed by atoms with Gasteiger partial charge in [0.15, 0.2) is 11.0 Å². The Morgan fingerprint density at radius 2 is 2.06 bits per heavy atom. The van der Waals surface area contributed by atoms with Crippen LogP contribution in [-0.4, -0.2) is 41.0 Å². The van der Waals surface area contributed by atoms with E-state index in [0.717, 1.165) is 30.3 Å². The zero-order valence-electron chi connectivity index (χ0n) is 11.3. The van der Waals surface area contributed by atoms with Gasteiger partial charge in [0.1, 0.15) is 0 Å². The van der Waals surface area contributed by atoms with Crippen molar-refractivity contribution in [3.05, 3.63) is 16.5 Å². The number of anilines is 1. The normalized spacial score (nSPS) is 20.3. The van der Waals surface area contributed by atoms with Gasteiger partial charge in [-0.05, 0) is 39.3 Å². The number of likely N-dealkylation sites (tertiary alicyclic amines) is 1. The Hall–Kier alpha value is -0.870. The van der Waals surface area contributed by atoms with Gasteiger partial charge < -0.3 is 10.2 Å². The Bertz CT molecular complexity index is 422. The predicted molar refractivity (Wildman–Crippen MR) is 75.2 cm³/mol. The highest BCUT2D eigenvalue weighted by atomic mass is 35.5. The Morgan fingerprint density at radius 1 is 1.33 bits per heavy atom. The van der Waals surface area contributed by atoms with Crippen molar-refractivity contribution in [3.63, 3.8) is 0 Å². The molecule has 0 spiro atoms. The number of rotatable bonds is 4. The summed E-state index contributed by atoms with van der Waals surface area (Å²) < 4.78 is 0. The minimum atomic E-state index is 0.475. The van der Waals surface area contributed by atoms with Crippen LogP contribution in [-0.2, 0) is 0 Å². The minimum absolute atomic E-state index is 0.475. The maximum atomic E-state index is 6.10. The smallest absolute Gasteiger partial charge is 0.171 e. The van der Waals surface area contributed by atoms with Crippen LogP contribution in [0.2, 0.25) is 5.15 Å². The highest BCUT2D eigenvalue weighted by Gasteiger charge is 2.21. The van der Waals surface area contributed by atoms with E-state index < -0.39 is 0 Å². The molecule has 1 aliphatic heterocycles. The molecule has 1 aromatic rings. The standard InChI is InChI=1S/C13H21ClN4/c1-4-18-6-5-11(8-18)7-15-13-12(14)16-9(2)10(3)17-13/h11H,4-8H2,1-3H3,(H,15,17). The molecule has 1 aliphatic rings. The molecule has 0 bridgehead atoms. The van der Waals surface area contributed by atoms with Gasteiger partial charge >= 0.3 is 0 Å². The molecule has 2 rings (SSSR count). The maximum Gasteiger partial charge on any atom is 0.171 e. The van der Waals surface area contributed by atoms with Crippen LogP contribution in [0.3, 0.4) is 0 Å². The quantitative estimate of drug-likeness (QED) is 0.911. The summed E-state index contributed by atoms with van der Waals surface area (Å²) in [4.78, 5) is 11.2. The number of hydrogen-bond acceptors (Lipinski definition) is 4. The average molecular weight is 269 g/mol. The van der Waals surface area contributed by atoms with E-state index in [9.17, 15) is 0 Å². The zero-order chi connectivity index (χ0) is 13.1. The molecule has 1 fully saturated rings. The van der Waals surface area contributed by atoms with Crippen LogP contribution in [0.5, 0.6) is 0 Å². The van der Waals surface area contributed by atoms with Crippen molar-refractivity contribution in [1.29, 1.82) is 0 Å². The van der Waals surface area contributed by atoms with Crippen molar-refractivity contribution in [1.82, 2.24) is 14.9 Å². The molecule has 5 heteroatoms. The summed E-state index contributed by atoms with van der Waals surface area (Å²) in [5, 5.41) is 3.81.